The van der Waals surface area contributed by atoms with Crippen LogP contribution in [0, 0.1) is 0 Å². The van der Waals surface area contributed by atoms with E-state index in [1.807, 2.05) is 0 Å². The molecule has 0 bridgehead atoms. The van der Waals surface area contributed by atoms with Crippen molar-refractivity contribution >= 4 is 0 Å². The number of benzene rings is 1. The standard InChI is InChI=1S/C20H32N2O/c1-16-19(21(2)3)18(23)12-15-22(16)20(13-8-5-9-14-20)17-10-6-4-7-11-17/h4,6-7,10-11,16,18-19,23H,5,8-9,12-15H2,1-3H3. The Morgan fingerprint density at radius 2 is 1.74 bits per heavy atom. The van der Waals surface area contributed by atoms with E-state index >= 15 is 0 Å². The van der Waals surface area contributed by atoms with E-state index in [9.17, 15) is 5.11 Å². The van der Waals surface area contributed by atoms with E-state index in [4.69, 9.17) is 0 Å². The lowest BCUT2D eigenvalue weighted by Gasteiger charge is -2.55. The fourth-order valence-corrected chi connectivity index (χ4v) is 5.16. The highest BCUT2D eigenvalue weighted by molar-refractivity contribution is 5.26. The Kier molecular flexibility index (Phi) is 5.10. The molecule has 3 unspecified atom stereocenters. The molecular formula is C20H32N2O. The molecule has 1 aromatic rings. The van der Waals surface area contributed by atoms with Gasteiger partial charge in [0, 0.05) is 18.1 Å². The Labute approximate surface area is 141 Å². The van der Waals surface area contributed by atoms with E-state index in [1.54, 1.807) is 0 Å². The number of nitrogens with zero attached hydrogens (tertiary/aromatic N) is 2. The minimum Gasteiger partial charge on any atom is -0.391 e. The fraction of sp³-hybridized carbons (Fsp3) is 0.700. The second-order valence-corrected chi connectivity index (χ2v) is 7.70. The molecule has 0 spiro atoms. The molecule has 3 rings (SSSR count). The van der Waals surface area contributed by atoms with Crippen LogP contribution in [0.3, 0.4) is 0 Å². The summed E-state index contributed by atoms with van der Waals surface area (Å²) < 4.78 is 0. The summed E-state index contributed by atoms with van der Waals surface area (Å²) in [5.74, 6) is 0. The van der Waals surface area contributed by atoms with Crippen LogP contribution in [-0.2, 0) is 5.54 Å². The van der Waals surface area contributed by atoms with Crippen LogP contribution in [-0.4, -0.2) is 53.7 Å². The SMILES string of the molecule is CC1C(N(C)C)C(O)CCN1C1(c2ccccc2)CCCCC1. The van der Waals surface area contributed by atoms with Crippen LogP contribution in [0.2, 0.25) is 0 Å². The van der Waals surface area contributed by atoms with Crippen LogP contribution < -0.4 is 0 Å². The molecule has 128 valence electrons. The third-order valence-electron chi connectivity index (χ3n) is 6.18. The van der Waals surface area contributed by atoms with Gasteiger partial charge in [-0.2, -0.15) is 0 Å². The van der Waals surface area contributed by atoms with Gasteiger partial charge in [-0.3, -0.25) is 4.90 Å². The molecule has 0 radical (unpaired) electrons. The van der Waals surface area contributed by atoms with Gasteiger partial charge in [-0.05, 0) is 45.8 Å². The molecule has 1 aliphatic heterocycles. The largest absolute Gasteiger partial charge is 0.391 e. The van der Waals surface area contributed by atoms with Crippen LogP contribution in [0.5, 0.6) is 0 Å². The normalized spacial score (nSPS) is 32.1. The van der Waals surface area contributed by atoms with E-state index in [-0.39, 0.29) is 17.7 Å². The molecule has 1 aromatic carbocycles. The summed E-state index contributed by atoms with van der Waals surface area (Å²) >= 11 is 0. The number of piperidine rings is 1. The summed E-state index contributed by atoms with van der Waals surface area (Å²) in [6.45, 7) is 3.31. The molecule has 1 heterocycles. The van der Waals surface area contributed by atoms with Gasteiger partial charge in [0.1, 0.15) is 0 Å². The van der Waals surface area contributed by atoms with E-state index in [1.165, 1.54) is 37.7 Å². The molecule has 2 aliphatic rings. The molecule has 0 aromatic heterocycles. The molecule has 23 heavy (non-hydrogen) atoms. The Morgan fingerprint density at radius 1 is 1.09 bits per heavy atom. The van der Waals surface area contributed by atoms with Gasteiger partial charge in [-0.15, -0.1) is 0 Å². The summed E-state index contributed by atoms with van der Waals surface area (Å²) in [6.07, 6.45) is 7.14. The predicted molar refractivity (Wildman–Crippen MR) is 95.5 cm³/mol. The summed E-state index contributed by atoms with van der Waals surface area (Å²) in [7, 11) is 4.20. The van der Waals surface area contributed by atoms with Crippen molar-refractivity contribution in [2.45, 2.75) is 69.2 Å². The molecule has 3 heteroatoms. The lowest BCUT2D eigenvalue weighted by Crippen LogP contribution is -2.64. The van der Waals surface area contributed by atoms with Gasteiger partial charge >= 0.3 is 0 Å². The van der Waals surface area contributed by atoms with Gasteiger partial charge in [0.25, 0.3) is 0 Å². The maximum atomic E-state index is 10.5. The van der Waals surface area contributed by atoms with Gasteiger partial charge in [-0.25, -0.2) is 0 Å². The van der Waals surface area contributed by atoms with E-state index in [0.717, 1.165) is 13.0 Å². The lowest BCUT2D eigenvalue weighted by molar-refractivity contribution is -0.0853. The van der Waals surface area contributed by atoms with E-state index in [2.05, 4.69) is 61.2 Å². The summed E-state index contributed by atoms with van der Waals surface area (Å²) in [5.41, 5.74) is 1.63. The van der Waals surface area contributed by atoms with Gasteiger partial charge < -0.3 is 10.0 Å². The zero-order valence-corrected chi connectivity index (χ0v) is 14.9. The highest BCUT2D eigenvalue weighted by atomic mass is 16.3. The summed E-state index contributed by atoms with van der Waals surface area (Å²) in [6, 6.07) is 11.7. The average Bonchev–Trinajstić information content (AvgIpc) is 2.56. The Bertz CT molecular complexity index is 496. The van der Waals surface area contributed by atoms with Crippen molar-refractivity contribution in [3.63, 3.8) is 0 Å². The van der Waals surface area contributed by atoms with Crippen LogP contribution in [0.1, 0.15) is 51.0 Å². The van der Waals surface area contributed by atoms with Crippen molar-refractivity contribution in [3.05, 3.63) is 35.9 Å². The smallest absolute Gasteiger partial charge is 0.0722 e. The number of hydrogen-bond donors (Lipinski definition) is 1. The number of aliphatic hydroxyl groups excluding tert-OH is 1. The topological polar surface area (TPSA) is 26.7 Å². The fourth-order valence-electron chi connectivity index (χ4n) is 5.16. The van der Waals surface area contributed by atoms with Crippen LogP contribution >= 0.6 is 0 Å². The maximum absolute atomic E-state index is 10.5. The lowest BCUT2D eigenvalue weighted by atomic mass is 9.73. The number of rotatable bonds is 3. The second-order valence-electron chi connectivity index (χ2n) is 7.70. The molecule has 0 amide bonds. The number of likely N-dealkylation sites (N-methyl/N-ethyl adjacent to an activating group) is 1. The Balaban J connectivity index is 1.97. The Morgan fingerprint density at radius 3 is 2.35 bits per heavy atom. The zero-order chi connectivity index (χ0) is 16.4. The molecule has 3 nitrogen and oxygen atoms in total. The van der Waals surface area contributed by atoms with Crippen LogP contribution in [0.25, 0.3) is 0 Å². The minimum absolute atomic E-state index is 0.160. The van der Waals surface area contributed by atoms with Gasteiger partial charge in [-0.1, -0.05) is 49.6 Å². The highest BCUT2D eigenvalue weighted by Gasteiger charge is 2.47. The van der Waals surface area contributed by atoms with E-state index in [0.29, 0.717) is 6.04 Å². The van der Waals surface area contributed by atoms with E-state index < -0.39 is 0 Å². The first-order valence-electron chi connectivity index (χ1n) is 9.23. The molecular weight excluding hydrogens is 284 g/mol. The molecule has 1 N–H and O–H groups in total. The molecule has 1 saturated heterocycles. The monoisotopic (exact) mass is 316 g/mol. The van der Waals surface area contributed by atoms with Crippen molar-refractivity contribution < 1.29 is 5.11 Å². The maximum Gasteiger partial charge on any atom is 0.0722 e. The van der Waals surface area contributed by atoms with Crippen LogP contribution in [0.4, 0.5) is 0 Å². The Hall–Kier alpha value is -0.900. The molecule has 1 aliphatic carbocycles. The molecule has 3 atom stereocenters. The quantitative estimate of drug-likeness (QED) is 0.927. The van der Waals surface area contributed by atoms with Crippen molar-refractivity contribution in [2.75, 3.05) is 20.6 Å². The first-order valence-corrected chi connectivity index (χ1v) is 9.23. The second kappa shape index (κ2) is 6.92. The van der Waals surface area contributed by atoms with Crippen molar-refractivity contribution in [1.82, 2.24) is 9.80 Å². The molecule has 2 fully saturated rings. The first-order chi connectivity index (χ1) is 11.1. The highest BCUT2D eigenvalue weighted by Crippen LogP contribution is 2.45. The van der Waals surface area contributed by atoms with Crippen molar-refractivity contribution in [3.8, 4) is 0 Å². The zero-order valence-electron chi connectivity index (χ0n) is 14.9. The first kappa shape index (κ1) is 16.9. The van der Waals surface area contributed by atoms with Gasteiger partial charge in [0.15, 0.2) is 0 Å². The summed E-state index contributed by atoms with van der Waals surface area (Å²) in [5, 5.41) is 10.5. The third kappa shape index (κ3) is 3.07. The average molecular weight is 316 g/mol. The summed E-state index contributed by atoms with van der Waals surface area (Å²) in [4.78, 5) is 4.93. The number of hydrogen-bond acceptors (Lipinski definition) is 3. The predicted octanol–water partition coefficient (Wildman–Crippen LogP) is 3.23. The number of likely N-dealkylation sites (tertiary alicyclic amines) is 1. The van der Waals surface area contributed by atoms with Crippen LogP contribution in [0.15, 0.2) is 30.3 Å². The number of aliphatic hydroxyl groups is 1. The molecule has 1 saturated carbocycles. The van der Waals surface area contributed by atoms with Gasteiger partial charge in [0.05, 0.1) is 12.1 Å². The third-order valence-corrected chi connectivity index (χ3v) is 6.18. The van der Waals surface area contributed by atoms with Gasteiger partial charge in [0.2, 0.25) is 0 Å². The van der Waals surface area contributed by atoms with Crippen molar-refractivity contribution in [2.24, 2.45) is 0 Å². The minimum atomic E-state index is -0.215. The van der Waals surface area contributed by atoms with Crippen molar-refractivity contribution in [1.29, 1.82) is 0 Å².